The van der Waals surface area contributed by atoms with Crippen molar-refractivity contribution in [1.82, 2.24) is 4.57 Å². The quantitative estimate of drug-likeness (QED) is 0.504. The van der Waals surface area contributed by atoms with E-state index in [1.165, 1.54) is 13.2 Å². The molecule has 1 N–H and O–H groups in total. The lowest BCUT2D eigenvalue weighted by Gasteiger charge is -2.13. The number of methoxy groups -OCH3 is 2. The zero-order valence-electron chi connectivity index (χ0n) is 17.4. The van der Waals surface area contributed by atoms with Crippen LogP contribution >= 0.6 is 0 Å². The number of rotatable bonds is 4. The molecule has 2 aromatic carbocycles. The Morgan fingerprint density at radius 2 is 1.74 bits per heavy atom. The van der Waals surface area contributed by atoms with Crippen LogP contribution in [0.15, 0.2) is 54.6 Å². The molecule has 1 heterocycles. The van der Waals surface area contributed by atoms with Gasteiger partial charge in [0.25, 0.3) is 0 Å². The molecule has 0 unspecified atom stereocenters. The van der Waals surface area contributed by atoms with E-state index in [1.807, 2.05) is 24.3 Å². The van der Waals surface area contributed by atoms with E-state index in [0.717, 1.165) is 11.1 Å². The summed E-state index contributed by atoms with van der Waals surface area (Å²) in [5.41, 5.74) is 3.58. The van der Waals surface area contributed by atoms with Gasteiger partial charge >= 0.3 is 5.97 Å². The number of hydrogen-bond donors (Lipinski definition) is 1. The molecule has 0 atom stereocenters. The highest BCUT2D eigenvalue weighted by atomic mass is 16.5. The number of aromatic hydroxyl groups is 1. The van der Waals surface area contributed by atoms with E-state index in [9.17, 15) is 14.7 Å². The van der Waals surface area contributed by atoms with Gasteiger partial charge in [0.15, 0.2) is 5.78 Å². The van der Waals surface area contributed by atoms with Crippen molar-refractivity contribution in [3.63, 3.8) is 0 Å². The Labute approximate surface area is 179 Å². The number of fused-ring (bicyclic) bond motifs is 1. The first kappa shape index (κ1) is 20.2. The zero-order valence-corrected chi connectivity index (χ0v) is 17.4. The first-order chi connectivity index (χ1) is 15.0. The zero-order chi connectivity index (χ0) is 22.1. The van der Waals surface area contributed by atoms with Crippen molar-refractivity contribution in [3.8, 4) is 17.3 Å². The van der Waals surface area contributed by atoms with Crippen LogP contribution in [0.3, 0.4) is 0 Å². The third kappa shape index (κ3) is 3.42. The number of nitrogens with zero attached hydrogens (tertiary/aromatic N) is 1. The molecule has 0 saturated heterocycles. The lowest BCUT2D eigenvalue weighted by molar-refractivity contribution is -0.109. The van der Waals surface area contributed by atoms with Gasteiger partial charge in [-0.2, -0.15) is 0 Å². The lowest BCUT2D eigenvalue weighted by atomic mass is 9.90. The van der Waals surface area contributed by atoms with E-state index < -0.39 is 5.97 Å². The third-order valence-electron chi connectivity index (χ3n) is 5.36. The molecule has 0 amide bonds. The fourth-order valence-corrected chi connectivity index (χ4v) is 3.81. The fourth-order valence-electron chi connectivity index (χ4n) is 3.81. The normalized spacial score (nSPS) is 13.9. The number of ketones is 1. The number of benzene rings is 2. The molecule has 1 aliphatic carbocycles. The Balaban J connectivity index is 1.96. The largest absolute Gasteiger partial charge is 0.497 e. The van der Waals surface area contributed by atoms with E-state index >= 15 is 0 Å². The number of hydrogen-bond acceptors (Lipinski definition) is 5. The number of esters is 1. The highest BCUT2D eigenvalue weighted by Crippen LogP contribution is 2.37. The van der Waals surface area contributed by atoms with Crippen molar-refractivity contribution in [2.24, 2.45) is 0 Å². The summed E-state index contributed by atoms with van der Waals surface area (Å²) in [5, 5.41) is 11.1. The van der Waals surface area contributed by atoms with E-state index in [1.54, 1.807) is 55.0 Å². The van der Waals surface area contributed by atoms with E-state index in [0.29, 0.717) is 22.7 Å². The summed E-state index contributed by atoms with van der Waals surface area (Å²) in [5.74, 6) is -0.294. The van der Waals surface area contributed by atoms with Crippen LogP contribution in [-0.4, -0.2) is 35.6 Å². The van der Waals surface area contributed by atoms with Crippen LogP contribution in [0.1, 0.15) is 32.7 Å². The molecule has 0 saturated carbocycles. The second kappa shape index (κ2) is 7.99. The Morgan fingerprint density at radius 1 is 1.03 bits per heavy atom. The Bertz CT molecular complexity index is 1250. The summed E-state index contributed by atoms with van der Waals surface area (Å²) in [6, 6.07) is 14.5. The number of aromatic nitrogens is 1. The minimum Gasteiger partial charge on any atom is -0.497 e. The summed E-state index contributed by atoms with van der Waals surface area (Å²) in [6.07, 6.45) is 4.79. The highest BCUT2D eigenvalue weighted by Gasteiger charge is 2.27. The smallest absolute Gasteiger partial charge is 0.340 e. The standard InChI is InChI=1S/C25H21NO5/c1-15-23(25(29)31-3)21(24(28)26(15)17-9-11-18(30-2)12-10-17)14-20-19-7-5-4-6-16(19)8-13-22(20)27/h4-14,28H,1-3H3. The van der Waals surface area contributed by atoms with Crippen molar-refractivity contribution < 1.29 is 24.2 Å². The average Bonchev–Trinajstić information content (AvgIpc) is 3.04. The van der Waals surface area contributed by atoms with Crippen molar-refractivity contribution in [2.75, 3.05) is 14.2 Å². The molecule has 6 nitrogen and oxygen atoms in total. The van der Waals surface area contributed by atoms with Gasteiger partial charge < -0.3 is 14.6 Å². The second-order valence-corrected chi connectivity index (χ2v) is 7.07. The molecule has 1 aliphatic rings. The molecule has 6 heteroatoms. The van der Waals surface area contributed by atoms with Gasteiger partial charge in [0.2, 0.25) is 5.88 Å². The number of carbonyl (C=O) groups excluding carboxylic acids is 2. The van der Waals surface area contributed by atoms with Crippen LogP contribution in [-0.2, 0) is 9.53 Å². The highest BCUT2D eigenvalue weighted by molar-refractivity contribution is 6.33. The first-order valence-corrected chi connectivity index (χ1v) is 9.66. The van der Waals surface area contributed by atoms with Gasteiger partial charge in [-0.05, 0) is 54.5 Å². The molecule has 31 heavy (non-hydrogen) atoms. The minimum absolute atomic E-state index is 0.157. The van der Waals surface area contributed by atoms with Crippen LogP contribution in [0.25, 0.3) is 23.4 Å². The summed E-state index contributed by atoms with van der Waals surface area (Å²) in [4.78, 5) is 25.3. The van der Waals surface area contributed by atoms with Gasteiger partial charge in [0.1, 0.15) is 5.75 Å². The molecule has 156 valence electrons. The molecule has 1 aromatic heterocycles. The summed E-state index contributed by atoms with van der Waals surface area (Å²) < 4.78 is 11.7. The van der Waals surface area contributed by atoms with Crippen molar-refractivity contribution in [1.29, 1.82) is 0 Å². The maximum atomic E-state index is 12.7. The maximum Gasteiger partial charge on any atom is 0.340 e. The average molecular weight is 415 g/mol. The lowest BCUT2D eigenvalue weighted by Crippen LogP contribution is -2.07. The van der Waals surface area contributed by atoms with Crippen molar-refractivity contribution in [3.05, 3.63) is 82.6 Å². The first-order valence-electron chi connectivity index (χ1n) is 9.66. The summed E-state index contributed by atoms with van der Waals surface area (Å²) in [7, 11) is 2.85. The molecule has 0 aliphatic heterocycles. The number of ether oxygens (including phenoxy) is 2. The Kier molecular flexibility index (Phi) is 5.21. The van der Waals surface area contributed by atoms with Gasteiger partial charge in [-0.25, -0.2) is 4.79 Å². The molecule has 0 spiro atoms. The summed E-state index contributed by atoms with van der Waals surface area (Å²) >= 11 is 0. The van der Waals surface area contributed by atoms with E-state index in [2.05, 4.69) is 0 Å². The summed E-state index contributed by atoms with van der Waals surface area (Å²) in [6.45, 7) is 1.72. The van der Waals surface area contributed by atoms with Crippen LogP contribution < -0.4 is 4.74 Å². The van der Waals surface area contributed by atoms with Gasteiger partial charge in [-0.3, -0.25) is 9.36 Å². The molecule has 0 bridgehead atoms. The van der Waals surface area contributed by atoms with Crippen LogP contribution in [0.4, 0.5) is 0 Å². The van der Waals surface area contributed by atoms with Gasteiger partial charge in [0.05, 0.1) is 25.3 Å². The molecular formula is C25H21NO5. The molecular weight excluding hydrogens is 394 g/mol. The SMILES string of the molecule is COC(=O)c1c(C=C2C(=O)C=Cc3ccccc32)c(O)n(-c2ccc(OC)cc2)c1C. The molecule has 0 fully saturated rings. The molecule has 3 aromatic rings. The topological polar surface area (TPSA) is 77.8 Å². The van der Waals surface area contributed by atoms with E-state index in [4.69, 9.17) is 9.47 Å². The monoisotopic (exact) mass is 415 g/mol. The Morgan fingerprint density at radius 3 is 2.42 bits per heavy atom. The predicted octanol–water partition coefficient (Wildman–Crippen LogP) is 4.42. The van der Waals surface area contributed by atoms with Crippen LogP contribution in [0.2, 0.25) is 0 Å². The van der Waals surface area contributed by atoms with Gasteiger partial charge in [-0.15, -0.1) is 0 Å². The fraction of sp³-hybridized carbons (Fsp3) is 0.120. The third-order valence-corrected chi connectivity index (χ3v) is 5.36. The second-order valence-electron chi connectivity index (χ2n) is 7.07. The molecule has 4 rings (SSSR count). The molecule has 0 radical (unpaired) electrons. The Hall–Kier alpha value is -4.06. The number of allylic oxidation sites excluding steroid dienone is 2. The van der Waals surface area contributed by atoms with Gasteiger partial charge in [-0.1, -0.05) is 30.3 Å². The predicted molar refractivity (Wildman–Crippen MR) is 118 cm³/mol. The minimum atomic E-state index is -0.598. The number of carbonyl (C=O) groups is 2. The van der Waals surface area contributed by atoms with Gasteiger partial charge in [0, 0.05) is 17.0 Å². The van der Waals surface area contributed by atoms with E-state index in [-0.39, 0.29) is 22.8 Å². The van der Waals surface area contributed by atoms with Crippen molar-refractivity contribution in [2.45, 2.75) is 6.92 Å². The van der Waals surface area contributed by atoms with Crippen molar-refractivity contribution >= 4 is 29.5 Å². The van der Waals surface area contributed by atoms with Crippen LogP contribution in [0, 0.1) is 6.92 Å². The van der Waals surface area contributed by atoms with Crippen LogP contribution in [0.5, 0.6) is 11.6 Å². The maximum absolute atomic E-state index is 12.7.